The highest BCUT2D eigenvalue weighted by molar-refractivity contribution is 6.34. The summed E-state index contributed by atoms with van der Waals surface area (Å²) < 4.78 is 11.0. The fourth-order valence-corrected chi connectivity index (χ4v) is 1.81. The Kier molecular flexibility index (Phi) is 6.94. The van der Waals surface area contributed by atoms with Crippen LogP contribution in [0, 0.1) is 0 Å². The fourth-order valence-electron chi connectivity index (χ4n) is 1.48. The molecular weight excluding hydrogens is 285 g/mol. The monoisotopic (exact) mass is 306 g/mol. The highest BCUT2D eigenvalue weighted by Crippen LogP contribution is 2.27. The van der Waals surface area contributed by atoms with Crippen molar-refractivity contribution in [2.24, 2.45) is 0 Å². The van der Waals surface area contributed by atoms with Gasteiger partial charge in [0, 0.05) is 11.1 Å². The molecule has 0 aromatic heterocycles. The second-order valence-corrected chi connectivity index (χ2v) is 6.24. The molecule has 2 N–H and O–H groups in total. The zero-order valence-corrected chi connectivity index (χ0v) is 13.2. The highest BCUT2D eigenvalue weighted by atomic mass is 35.5. The number of hydrogen-bond acceptors (Lipinski definition) is 2. The van der Waals surface area contributed by atoms with Crippen LogP contribution in [0.25, 0.3) is 0 Å². The number of nitrogens with two attached hydrogens (primary N) is 1. The molecule has 1 aromatic rings. The molecule has 0 aliphatic carbocycles. The maximum Gasteiger partial charge on any atom is 0.139 e. The molecule has 0 fully saturated rings. The van der Waals surface area contributed by atoms with Gasteiger partial charge in [0.1, 0.15) is 12.4 Å². The highest BCUT2D eigenvalue weighted by Gasteiger charge is 2.11. The molecule has 108 valence electrons. The lowest BCUT2D eigenvalue weighted by Crippen LogP contribution is -2.95. The first kappa shape index (κ1) is 16.6. The molecule has 19 heavy (non-hydrogen) atoms. The van der Waals surface area contributed by atoms with E-state index in [0.29, 0.717) is 35.6 Å². The molecule has 0 atom stereocenters. The van der Waals surface area contributed by atoms with E-state index in [9.17, 15) is 0 Å². The first-order valence-electron chi connectivity index (χ1n) is 6.38. The summed E-state index contributed by atoms with van der Waals surface area (Å²) >= 11 is 11.8. The van der Waals surface area contributed by atoms with Gasteiger partial charge in [-0.2, -0.15) is 0 Å². The van der Waals surface area contributed by atoms with Gasteiger partial charge in [0.15, 0.2) is 0 Å². The average Bonchev–Trinajstić information content (AvgIpc) is 2.31. The van der Waals surface area contributed by atoms with E-state index >= 15 is 0 Å². The summed E-state index contributed by atoms with van der Waals surface area (Å²) in [6.07, 6.45) is 0. The van der Waals surface area contributed by atoms with Gasteiger partial charge < -0.3 is 14.8 Å². The van der Waals surface area contributed by atoms with Gasteiger partial charge in [-0.1, -0.05) is 23.2 Å². The zero-order valence-electron chi connectivity index (χ0n) is 11.7. The van der Waals surface area contributed by atoms with Crippen LogP contribution in [0.1, 0.15) is 20.8 Å². The summed E-state index contributed by atoms with van der Waals surface area (Å²) in [6.45, 7) is 9.20. The smallest absolute Gasteiger partial charge is 0.139 e. The van der Waals surface area contributed by atoms with Gasteiger partial charge in [-0.3, -0.25) is 0 Å². The summed E-state index contributed by atoms with van der Waals surface area (Å²) in [5.41, 5.74) is 0.244. The normalized spacial score (nSPS) is 11.6. The molecule has 0 bridgehead atoms. The molecule has 0 unspecified atom stereocenters. The van der Waals surface area contributed by atoms with E-state index in [-0.39, 0.29) is 5.54 Å². The molecule has 1 rings (SSSR count). The van der Waals surface area contributed by atoms with Gasteiger partial charge in [-0.05, 0) is 32.9 Å². The van der Waals surface area contributed by atoms with Crippen LogP contribution in [0.5, 0.6) is 5.75 Å². The van der Waals surface area contributed by atoms with Crippen LogP contribution in [0.3, 0.4) is 0 Å². The van der Waals surface area contributed by atoms with E-state index in [1.54, 1.807) is 18.2 Å². The Hall–Kier alpha value is -0.480. The summed E-state index contributed by atoms with van der Waals surface area (Å²) in [7, 11) is 0. The number of halogens is 2. The predicted octanol–water partition coefficient (Wildman–Crippen LogP) is 2.75. The van der Waals surface area contributed by atoms with E-state index in [1.807, 2.05) is 0 Å². The van der Waals surface area contributed by atoms with E-state index < -0.39 is 0 Å². The van der Waals surface area contributed by atoms with Crippen molar-refractivity contribution >= 4 is 23.2 Å². The van der Waals surface area contributed by atoms with Crippen LogP contribution in [-0.2, 0) is 4.74 Å². The average molecular weight is 307 g/mol. The molecule has 3 nitrogen and oxygen atoms in total. The molecule has 0 spiro atoms. The molecule has 0 saturated carbocycles. The Balaban J connectivity index is 2.12. The van der Waals surface area contributed by atoms with Crippen molar-refractivity contribution in [2.75, 3.05) is 26.4 Å². The molecule has 0 amide bonds. The van der Waals surface area contributed by atoms with E-state index in [1.165, 1.54) is 0 Å². The standard InChI is InChI=1S/C14H21Cl2NO2/c1-14(2,3)17-6-7-18-8-9-19-13-10-11(15)4-5-12(13)16/h4-5,10,17H,6-9H2,1-3H3/p+1. The van der Waals surface area contributed by atoms with Crippen LogP contribution in [0.15, 0.2) is 18.2 Å². The van der Waals surface area contributed by atoms with Crippen molar-refractivity contribution in [1.82, 2.24) is 0 Å². The minimum Gasteiger partial charge on any atom is -0.490 e. The zero-order chi connectivity index (χ0) is 14.3. The minimum absolute atomic E-state index is 0.244. The lowest BCUT2D eigenvalue weighted by atomic mass is 10.1. The van der Waals surface area contributed by atoms with Crippen LogP contribution in [0.2, 0.25) is 10.0 Å². The molecule has 5 heteroatoms. The van der Waals surface area contributed by atoms with Crippen LogP contribution in [0.4, 0.5) is 0 Å². The van der Waals surface area contributed by atoms with Crippen LogP contribution >= 0.6 is 23.2 Å². The maximum atomic E-state index is 5.98. The molecule has 1 aromatic carbocycles. The first-order valence-corrected chi connectivity index (χ1v) is 7.14. The fraction of sp³-hybridized carbons (Fsp3) is 0.571. The minimum atomic E-state index is 0.244. The summed E-state index contributed by atoms with van der Waals surface area (Å²) in [5, 5.41) is 3.42. The summed E-state index contributed by atoms with van der Waals surface area (Å²) in [4.78, 5) is 0. The molecule has 0 saturated heterocycles. The molecule has 0 aliphatic heterocycles. The number of benzene rings is 1. The topological polar surface area (TPSA) is 35.1 Å². The van der Waals surface area contributed by atoms with Gasteiger partial charge in [0.05, 0.1) is 30.3 Å². The Morgan fingerprint density at radius 1 is 1.11 bits per heavy atom. The third-order valence-electron chi connectivity index (χ3n) is 2.40. The van der Waals surface area contributed by atoms with Gasteiger partial charge in [0.25, 0.3) is 0 Å². The van der Waals surface area contributed by atoms with Crippen molar-refractivity contribution in [1.29, 1.82) is 0 Å². The molecular formula is C14H22Cl2NO2+. The number of rotatable bonds is 7. The predicted molar refractivity (Wildman–Crippen MR) is 79.3 cm³/mol. The lowest BCUT2D eigenvalue weighted by Gasteiger charge is -2.16. The Morgan fingerprint density at radius 2 is 1.84 bits per heavy atom. The molecule has 0 aliphatic rings. The van der Waals surface area contributed by atoms with Gasteiger partial charge in [-0.25, -0.2) is 0 Å². The SMILES string of the molecule is CC(C)(C)[NH2+]CCOCCOc1cc(Cl)ccc1Cl. The van der Waals surface area contributed by atoms with Crippen molar-refractivity contribution in [2.45, 2.75) is 26.3 Å². The van der Waals surface area contributed by atoms with Crippen molar-refractivity contribution in [3.63, 3.8) is 0 Å². The second kappa shape index (κ2) is 7.95. The van der Waals surface area contributed by atoms with Crippen LogP contribution < -0.4 is 10.1 Å². The van der Waals surface area contributed by atoms with E-state index in [4.69, 9.17) is 32.7 Å². The van der Waals surface area contributed by atoms with Gasteiger partial charge in [-0.15, -0.1) is 0 Å². The molecule has 0 radical (unpaired) electrons. The summed E-state index contributed by atoms with van der Waals surface area (Å²) in [5.74, 6) is 0.596. The Bertz CT molecular complexity index is 392. The van der Waals surface area contributed by atoms with E-state index in [2.05, 4.69) is 26.1 Å². The number of quaternary nitrogens is 1. The molecule has 0 heterocycles. The van der Waals surface area contributed by atoms with Crippen molar-refractivity contribution in [3.05, 3.63) is 28.2 Å². The van der Waals surface area contributed by atoms with Gasteiger partial charge in [0.2, 0.25) is 0 Å². The largest absolute Gasteiger partial charge is 0.490 e. The van der Waals surface area contributed by atoms with Crippen LogP contribution in [-0.4, -0.2) is 31.9 Å². The quantitative estimate of drug-likeness (QED) is 0.786. The lowest BCUT2D eigenvalue weighted by molar-refractivity contribution is -0.718. The Labute approximate surface area is 125 Å². The Morgan fingerprint density at radius 3 is 2.53 bits per heavy atom. The first-order chi connectivity index (χ1) is 8.88. The number of hydrogen-bond donors (Lipinski definition) is 1. The second-order valence-electron chi connectivity index (χ2n) is 5.39. The summed E-state index contributed by atoms with van der Waals surface area (Å²) in [6, 6.07) is 5.16. The maximum absolute atomic E-state index is 5.98. The third-order valence-corrected chi connectivity index (χ3v) is 2.94. The van der Waals surface area contributed by atoms with Crippen molar-refractivity contribution in [3.8, 4) is 5.75 Å². The number of ether oxygens (including phenoxy) is 2. The third kappa shape index (κ3) is 7.63. The van der Waals surface area contributed by atoms with Gasteiger partial charge >= 0.3 is 0 Å². The van der Waals surface area contributed by atoms with Crippen molar-refractivity contribution < 1.29 is 14.8 Å². The van der Waals surface area contributed by atoms with E-state index in [0.717, 1.165) is 6.54 Å².